The number of aromatic hydroxyl groups is 1. The molecule has 0 aliphatic carbocycles. The van der Waals surface area contributed by atoms with Crippen molar-refractivity contribution >= 4 is 5.91 Å². The lowest BCUT2D eigenvalue weighted by atomic mass is 9.84. The maximum atomic E-state index is 13.9. The van der Waals surface area contributed by atoms with Crippen molar-refractivity contribution in [2.45, 2.75) is 39.8 Å². The Hall–Kier alpha value is -3.90. The van der Waals surface area contributed by atoms with Gasteiger partial charge >= 0.3 is 0 Å². The third-order valence-corrected chi connectivity index (χ3v) is 6.40. The summed E-state index contributed by atoms with van der Waals surface area (Å²) in [6.07, 6.45) is 2.73. The SMILES string of the molecule is CC(C)(C)[C@H](c1nc(-c2ccccc2)cn1Cc1cccc(O)c1)N(CCCN)C(=O)c1ccccc1. The molecule has 0 saturated heterocycles. The molecule has 0 spiro atoms. The summed E-state index contributed by atoms with van der Waals surface area (Å²) in [4.78, 5) is 21.0. The van der Waals surface area contributed by atoms with E-state index in [1.54, 1.807) is 12.1 Å². The first-order chi connectivity index (χ1) is 17.8. The smallest absolute Gasteiger partial charge is 0.254 e. The van der Waals surface area contributed by atoms with Crippen LogP contribution in [0.15, 0.2) is 91.1 Å². The van der Waals surface area contributed by atoms with Crippen LogP contribution in [0, 0.1) is 5.41 Å². The second-order valence-corrected chi connectivity index (χ2v) is 10.4. The molecule has 1 atom stereocenters. The number of imidazole rings is 1. The van der Waals surface area contributed by atoms with E-state index in [0.717, 1.165) is 22.6 Å². The first-order valence-electron chi connectivity index (χ1n) is 12.7. The highest BCUT2D eigenvalue weighted by Crippen LogP contribution is 2.40. The van der Waals surface area contributed by atoms with Crippen LogP contribution in [0.4, 0.5) is 0 Å². The van der Waals surface area contributed by atoms with E-state index in [4.69, 9.17) is 10.7 Å². The van der Waals surface area contributed by atoms with E-state index >= 15 is 0 Å². The fourth-order valence-corrected chi connectivity index (χ4v) is 4.72. The molecule has 0 bridgehead atoms. The number of phenols is 1. The Labute approximate surface area is 219 Å². The maximum absolute atomic E-state index is 13.9. The third-order valence-electron chi connectivity index (χ3n) is 6.40. The van der Waals surface area contributed by atoms with Crippen LogP contribution in [0.2, 0.25) is 0 Å². The second-order valence-electron chi connectivity index (χ2n) is 10.4. The molecule has 0 radical (unpaired) electrons. The normalized spacial score (nSPS) is 12.3. The highest BCUT2D eigenvalue weighted by Gasteiger charge is 2.38. The topological polar surface area (TPSA) is 84.4 Å². The molecule has 0 unspecified atom stereocenters. The lowest BCUT2D eigenvalue weighted by Crippen LogP contribution is -2.43. The third kappa shape index (κ3) is 6.27. The molecule has 0 aliphatic heterocycles. The molecule has 6 heteroatoms. The Kier molecular flexibility index (Phi) is 8.09. The van der Waals surface area contributed by atoms with Crippen molar-refractivity contribution in [3.8, 4) is 17.0 Å². The number of nitrogens with two attached hydrogens (primary N) is 1. The highest BCUT2D eigenvalue weighted by molar-refractivity contribution is 5.94. The van der Waals surface area contributed by atoms with Crippen LogP contribution in [0.25, 0.3) is 11.3 Å². The van der Waals surface area contributed by atoms with E-state index in [2.05, 4.69) is 25.3 Å². The number of carbonyl (C=O) groups is 1. The molecular formula is C31H36N4O2. The Bertz CT molecular complexity index is 1310. The minimum atomic E-state index is -0.324. The van der Waals surface area contributed by atoms with Gasteiger partial charge in [0.25, 0.3) is 5.91 Å². The van der Waals surface area contributed by atoms with Gasteiger partial charge in [0.15, 0.2) is 0 Å². The van der Waals surface area contributed by atoms with E-state index in [-0.39, 0.29) is 23.1 Å². The summed E-state index contributed by atoms with van der Waals surface area (Å²) in [6.45, 7) is 7.94. The van der Waals surface area contributed by atoms with Gasteiger partial charge in [0, 0.05) is 30.4 Å². The van der Waals surface area contributed by atoms with E-state index in [1.165, 1.54) is 0 Å². The average molecular weight is 497 g/mol. The van der Waals surface area contributed by atoms with Gasteiger partial charge in [-0.05, 0) is 48.2 Å². The quantitative estimate of drug-likeness (QED) is 0.303. The van der Waals surface area contributed by atoms with Gasteiger partial charge < -0.3 is 20.3 Å². The molecule has 4 aromatic rings. The van der Waals surface area contributed by atoms with E-state index in [9.17, 15) is 9.90 Å². The molecule has 3 aromatic carbocycles. The predicted octanol–water partition coefficient (Wildman–Crippen LogP) is 5.88. The predicted molar refractivity (Wildman–Crippen MR) is 148 cm³/mol. The lowest BCUT2D eigenvalue weighted by Gasteiger charge is -2.40. The summed E-state index contributed by atoms with van der Waals surface area (Å²) < 4.78 is 2.11. The summed E-state index contributed by atoms with van der Waals surface area (Å²) in [7, 11) is 0. The molecule has 37 heavy (non-hydrogen) atoms. The highest BCUT2D eigenvalue weighted by atomic mass is 16.3. The van der Waals surface area contributed by atoms with Gasteiger partial charge in [-0.3, -0.25) is 4.79 Å². The second kappa shape index (κ2) is 11.4. The number of carbonyl (C=O) groups excluding carboxylic acids is 1. The molecule has 1 heterocycles. The molecule has 0 fully saturated rings. The summed E-state index contributed by atoms with van der Waals surface area (Å²) >= 11 is 0. The number of phenolic OH excluding ortho intramolecular Hbond substituents is 1. The number of amides is 1. The Morgan fingerprint density at radius 1 is 1.00 bits per heavy atom. The van der Waals surface area contributed by atoms with Crippen LogP contribution >= 0.6 is 0 Å². The number of aromatic nitrogens is 2. The van der Waals surface area contributed by atoms with Crippen molar-refractivity contribution in [1.82, 2.24) is 14.5 Å². The van der Waals surface area contributed by atoms with Crippen LogP contribution in [-0.4, -0.2) is 38.6 Å². The number of hydrogen-bond acceptors (Lipinski definition) is 4. The van der Waals surface area contributed by atoms with Gasteiger partial charge in [0.2, 0.25) is 0 Å². The Balaban J connectivity index is 1.86. The summed E-state index contributed by atoms with van der Waals surface area (Å²) in [5.74, 6) is 0.983. The van der Waals surface area contributed by atoms with Gasteiger partial charge in [0.05, 0.1) is 11.7 Å². The molecule has 1 amide bonds. The van der Waals surface area contributed by atoms with Crippen molar-refractivity contribution in [2.24, 2.45) is 11.1 Å². The van der Waals surface area contributed by atoms with Crippen molar-refractivity contribution in [3.63, 3.8) is 0 Å². The maximum Gasteiger partial charge on any atom is 0.254 e. The van der Waals surface area contributed by atoms with Crippen LogP contribution in [0.3, 0.4) is 0 Å². The minimum absolute atomic E-state index is 0.0397. The molecule has 6 nitrogen and oxygen atoms in total. The van der Waals surface area contributed by atoms with E-state index in [1.807, 2.05) is 83.9 Å². The monoisotopic (exact) mass is 496 g/mol. The summed E-state index contributed by atoms with van der Waals surface area (Å²) in [6, 6.07) is 26.4. The number of rotatable bonds is 9. The first-order valence-corrected chi connectivity index (χ1v) is 12.7. The van der Waals surface area contributed by atoms with Crippen LogP contribution in [0.1, 0.15) is 55.0 Å². The minimum Gasteiger partial charge on any atom is -0.508 e. The average Bonchev–Trinajstić information content (AvgIpc) is 3.29. The molecule has 1 aromatic heterocycles. The van der Waals surface area contributed by atoms with E-state index in [0.29, 0.717) is 31.6 Å². The van der Waals surface area contributed by atoms with Gasteiger partial charge in [-0.2, -0.15) is 0 Å². The zero-order chi connectivity index (χ0) is 26.4. The fourth-order valence-electron chi connectivity index (χ4n) is 4.72. The molecular weight excluding hydrogens is 460 g/mol. The lowest BCUT2D eigenvalue weighted by molar-refractivity contribution is 0.0482. The van der Waals surface area contributed by atoms with Crippen LogP contribution in [-0.2, 0) is 6.54 Å². The molecule has 4 rings (SSSR count). The van der Waals surface area contributed by atoms with Crippen molar-refractivity contribution in [3.05, 3.63) is 108 Å². The molecule has 0 saturated carbocycles. The van der Waals surface area contributed by atoms with Crippen molar-refractivity contribution in [2.75, 3.05) is 13.1 Å². The van der Waals surface area contributed by atoms with E-state index < -0.39 is 0 Å². The summed E-state index contributed by atoms with van der Waals surface area (Å²) in [5, 5.41) is 10.1. The van der Waals surface area contributed by atoms with Gasteiger partial charge in [-0.15, -0.1) is 0 Å². The molecule has 0 aliphatic rings. The molecule has 192 valence electrons. The largest absolute Gasteiger partial charge is 0.508 e. The standard InChI is InChI=1S/C31H36N4O2/c1-31(2,3)28(35(19-11-18-32)30(37)25-15-8-5-9-16-25)29-33-27(24-13-6-4-7-14-24)22-34(29)21-23-12-10-17-26(36)20-23/h4-10,12-17,20,22,28,36H,11,18-19,21,32H2,1-3H3/t28-/m0/s1. The van der Waals surface area contributed by atoms with Gasteiger partial charge in [-0.25, -0.2) is 4.98 Å². The van der Waals surface area contributed by atoms with Crippen molar-refractivity contribution < 1.29 is 9.90 Å². The fraction of sp³-hybridized carbons (Fsp3) is 0.290. The number of benzene rings is 3. The van der Waals surface area contributed by atoms with Gasteiger partial charge in [0.1, 0.15) is 11.6 Å². The molecule has 3 N–H and O–H groups in total. The number of hydrogen-bond donors (Lipinski definition) is 2. The van der Waals surface area contributed by atoms with Crippen LogP contribution < -0.4 is 5.73 Å². The van der Waals surface area contributed by atoms with Gasteiger partial charge in [-0.1, -0.05) is 81.4 Å². The Morgan fingerprint density at radius 3 is 2.30 bits per heavy atom. The zero-order valence-electron chi connectivity index (χ0n) is 21.8. The first kappa shape index (κ1) is 26.2. The van der Waals surface area contributed by atoms with Crippen LogP contribution in [0.5, 0.6) is 5.75 Å². The zero-order valence-corrected chi connectivity index (χ0v) is 21.8. The summed E-state index contributed by atoms with van der Waals surface area (Å²) in [5.41, 5.74) is 9.03. The van der Waals surface area contributed by atoms with Crippen molar-refractivity contribution in [1.29, 1.82) is 0 Å². The Morgan fingerprint density at radius 2 is 1.68 bits per heavy atom. The number of nitrogens with zero attached hydrogens (tertiary/aromatic N) is 3.